The standard InChI is InChI=1S/C21H24N2O2/c1-23-19-8-6-15(12-16(19)7-9-21(23)24)13-22-14-17-10-11-25-20-5-3-2-4-18(17)20/h2-6,8,12,17,22H,7,9-11,13-14H2,1H3/t17-/m1/s1. The second kappa shape index (κ2) is 6.89. The number of para-hydroxylation sites is 1. The van der Waals surface area contributed by atoms with E-state index in [2.05, 4.69) is 41.7 Å². The van der Waals surface area contributed by atoms with Gasteiger partial charge >= 0.3 is 0 Å². The maximum atomic E-state index is 11.8. The van der Waals surface area contributed by atoms with Gasteiger partial charge in [-0.3, -0.25) is 4.79 Å². The molecular formula is C21H24N2O2. The van der Waals surface area contributed by atoms with Gasteiger partial charge in [-0.15, -0.1) is 0 Å². The average molecular weight is 336 g/mol. The van der Waals surface area contributed by atoms with Crippen molar-refractivity contribution in [3.05, 3.63) is 59.2 Å². The zero-order valence-corrected chi connectivity index (χ0v) is 14.6. The van der Waals surface area contributed by atoms with E-state index in [9.17, 15) is 4.79 Å². The van der Waals surface area contributed by atoms with Crippen LogP contribution in [0.5, 0.6) is 5.75 Å². The molecule has 0 spiro atoms. The van der Waals surface area contributed by atoms with Crippen LogP contribution in [0.4, 0.5) is 5.69 Å². The van der Waals surface area contributed by atoms with Crippen molar-refractivity contribution in [2.24, 2.45) is 0 Å². The number of hydrogen-bond acceptors (Lipinski definition) is 3. The Balaban J connectivity index is 1.39. The summed E-state index contributed by atoms with van der Waals surface area (Å²) in [5.41, 5.74) is 4.92. The lowest BCUT2D eigenvalue weighted by Crippen LogP contribution is -2.31. The molecule has 2 aliphatic heterocycles. The minimum absolute atomic E-state index is 0.205. The second-order valence-corrected chi connectivity index (χ2v) is 6.92. The van der Waals surface area contributed by atoms with Gasteiger partial charge in [-0.2, -0.15) is 0 Å². The minimum atomic E-state index is 0.205. The lowest BCUT2D eigenvalue weighted by atomic mass is 9.93. The average Bonchev–Trinajstić information content (AvgIpc) is 2.65. The van der Waals surface area contributed by atoms with Crippen molar-refractivity contribution in [3.8, 4) is 5.75 Å². The Kier molecular flexibility index (Phi) is 4.45. The van der Waals surface area contributed by atoms with Crippen LogP contribution in [-0.2, 0) is 17.8 Å². The summed E-state index contributed by atoms with van der Waals surface area (Å²) in [6, 6.07) is 14.8. The van der Waals surface area contributed by atoms with Crippen molar-refractivity contribution in [3.63, 3.8) is 0 Å². The predicted molar refractivity (Wildman–Crippen MR) is 99.2 cm³/mol. The van der Waals surface area contributed by atoms with Gasteiger partial charge in [-0.25, -0.2) is 0 Å². The largest absolute Gasteiger partial charge is 0.493 e. The molecule has 2 heterocycles. The number of carbonyl (C=O) groups excluding carboxylic acids is 1. The van der Waals surface area contributed by atoms with Crippen LogP contribution in [0.2, 0.25) is 0 Å². The van der Waals surface area contributed by atoms with Crippen LogP contribution in [0.15, 0.2) is 42.5 Å². The zero-order chi connectivity index (χ0) is 17.2. The highest BCUT2D eigenvalue weighted by atomic mass is 16.5. The van der Waals surface area contributed by atoms with E-state index in [0.717, 1.165) is 44.0 Å². The number of fused-ring (bicyclic) bond motifs is 2. The van der Waals surface area contributed by atoms with Crippen molar-refractivity contribution in [2.45, 2.75) is 31.7 Å². The van der Waals surface area contributed by atoms with E-state index in [1.54, 1.807) is 4.90 Å². The van der Waals surface area contributed by atoms with Gasteiger partial charge in [0.2, 0.25) is 5.91 Å². The number of nitrogens with one attached hydrogen (secondary N) is 1. The third-order valence-electron chi connectivity index (χ3n) is 5.29. The van der Waals surface area contributed by atoms with Gasteiger partial charge < -0.3 is 15.0 Å². The fourth-order valence-electron chi connectivity index (χ4n) is 3.84. The molecule has 0 saturated carbocycles. The number of nitrogens with zero attached hydrogens (tertiary/aromatic N) is 1. The first-order valence-corrected chi connectivity index (χ1v) is 9.03. The van der Waals surface area contributed by atoms with E-state index in [0.29, 0.717) is 12.3 Å². The van der Waals surface area contributed by atoms with Gasteiger partial charge in [0.15, 0.2) is 0 Å². The van der Waals surface area contributed by atoms with Gasteiger partial charge in [0, 0.05) is 38.2 Å². The summed E-state index contributed by atoms with van der Waals surface area (Å²) in [5, 5.41) is 3.60. The fourth-order valence-corrected chi connectivity index (χ4v) is 3.84. The number of aryl methyl sites for hydroxylation is 1. The maximum absolute atomic E-state index is 11.8. The highest BCUT2D eigenvalue weighted by Gasteiger charge is 2.22. The Labute approximate surface area is 148 Å². The molecule has 4 rings (SSSR count). The molecule has 0 aliphatic carbocycles. The summed E-state index contributed by atoms with van der Waals surface area (Å²) in [6.07, 6.45) is 2.51. The van der Waals surface area contributed by atoms with E-state index in [1.165, 1.54) is 16.7 Å². The summed E-state index contributed by atoms with van der Waals surface area (Å²) in [5.74, 6) is 1.74. The molecule has 25 heavy (non-hydrogen) atoms. The first-order valence-electron chi connectivity index (χ1n) is 9.03. The van der Waals surface area contributed by atoms with E-state index >= 15 is 0 Å². The number of anilines is 1. The van der Waals surface area contributed by atoms with Crippen LogP contribution in [0.25, 0.3) is 0 Å². The Morgan fingerprint density at radius 1 is 1.20 bits per heavy atom. The van der Waals surface area contributed by atoms with Gasteiger partial charge in [-0.05, 0) is 41.7 Å². The smallest absolute Gasteiger partial charge is 0.227 e. The molecule has 0 radical (unpaired) electrons. The van der Waals surface area contributed by atoms with E-state index in [-0.39, 0.29) is 5.91 Å². The molecule has 4 nitrogen and oxygen atoms in total. The van der Waals surface area contributed by atoms with Crippen molar-refractivity contribution >= 4 is 11.6 Å². The Morgan fingerprint density at radius 3 is 3.00 bits per heavy atom. The van der Waals surface area contributed by atoms with Crippen molar-refractivity contribution < 1.29 is 9.53 Å². The van der Waals surface area contributed by atoms with E-state index < -0.39 is 0 Å². The fraction of sp³-hybridized carbons (Fsp3) is 0.381. The number of hydrogen-bond donors (Lipinski definition) is 1. The molecule has 0 unspecified atom stereocenters. The Bertz CT molecular complexity index is 787. The van der Waals surface area contributed by atoms with Crippen LogP contribution in [-0.4, -0.2) is 26.1 Å². The molecule has 0 fully saturated rings. The predicted octanol–water partition coefficient (Wildman–Crippen LogP) is 3.25. The molecule has 0 bridgehead atoms. The highest BCUT2D eigenvalue weighted by Crippen LogP contribution is 2.33. The van der Waals surface area contributed by atoms with Crippen LogP contribution < -0.4 is 15.0 Å². The lowest BCUT2D eigenvalue weighted by Gasteiger charge is -2.27. The van der Waals surface area contributed by atoms with Gasteiger partial charge in [0.25, 0.3) is 0 Å². The highest BCUT2D eigenvalue weighted by molar-refractivity contribution is 5.95. The van der Waals surface area contributed by atoms with Crippen molar-refractivity contribution in [1.82, 2.24) is 5.32 Å². The lowest BCUT2D eigenvalue weighted by molar-refractivity contribution is -0.118. The number of carbonyl (C=O) groups is 1. The Morgan fingerprint density at radius 2 is 2.08 bits per heavy atom. The first kappa shape index (κ1) is 16.2. The summed E-state index contributed by atoms with van der Waals surface area (Å²) < 4.78 is 5.74. The molecule has 2 aliphatic rings. The van der Waals surface area contributed by atoms with Crippen LogP contribution in [0.3, 0.4) is 0 Å². The Hall–Kier alpha value is -2.33. The molecule has 0 aromatic heterocycles. The summed E-state index contributed by atoms with van der Waals surface area (Å²) in [4.78, 5) is 13.6. The number of ether oxygens (including phenoxy) is 1. The maximum Gasteiger partial charge on any atom is 0.227 e. The molecule has 0 saturated heterocycles. The second-order valence-electron chi connectivity index (χ2n) is 6.92. The van der Waals surface area contributed by atoms with Gasteiger partial charge in [-0.1, -0.05) is 30.3 Å². The SMILES string of the molecule is CN1C(=O)CCc2cc(CNC[C@H]3CCOc4ccccc43)ccc21. The summed E-state index contributed by atoms with van der Waals surface area (Å²) in [7, 11) is 1.86. The zero-order valence-electron chi connectivity index (χ0n) is 14.6. The van der Waals surface area contributed by atoms with Crippen LogP contribution in [0.1, 0.15) is 35.4 Å². The molecule has 1 atom stereocenters. The molecule has 1 N–H and O–H groups in total. The number of rotatable bonds is 4. The third-order valence-corrected chi connectivity index (χ3v) is 5.29. The van der Waals surface area contributed by atoms with Gasteiger partial charge in [0.05, 0.1) is 6.61 Å². The summed E-state index contributed by atoms with van der Waals surface area (Å²) in [6.45, 7) is 2.60. The molecule has 1 amide bonds. The quantitative estimate of drug-likeness (QED) is 0.932. The third kappa shape index (κ3) is 3.27. The van der Waals surface area contributed by atoms with Crippen LogP contribution in [0, 0.1) is 0 Å². The number of amides is 1. The van der Waals surface area contributed by atoms with E-state index in [1.807, 2.05) is 13.1 Å². The van der Waals surface area contributed by atoms with Gasteiger partial charge in [0.1, 0.15) is 5.75 Å². The molecule has 2 aromatic rings. The molecular weight excluding hydrogens is 312 g/mol. The topological polar surface area (TPSA) is 41.6 Å². The van der Waals surface area contributed by atoms with Crippen LogP contribution >= 0.6 is 0 Å². The van der Waals surface area contributed by atoms with Crippen molar-refractivity contribution in [1.29, 1.82) is 0 Å². The molecule has 130 valence electrons. The minimum Gasteiger partial charge on any atom is -0.493 e. The summed E-state index contributed by atoms with van der Waals surface area (Å²) >= 11 is 0. The van der Waals surface area contributed by atoms with E-state index in [4.69, 9.17) is 4.74 Å². The number of benzene rings is 2. The first-order chi connectivity index (χ1) is 12.2. The monoisotopic (exact) mass is 336 g/mol. The molecule has 4 heteroatoms. The normalized spacial score (nSPS) is 19.2. The molecule has 2 aromatic carbocycles. The van der Waals surface area contributed by atoms with Crippen molar-refractivity contribution in [2.75, 3.05) is 25.1 Å².